The van der Waals surface area contributed by atoms with Gasteiger partial charge < -0.3 is 10.2 Å². The molecule has 3 fully saturated rings. The predicted molar refractivity (Wildman–Crippen MR) is 103 cm³/mol. The van der Waals surface area contributed by atoms with Crippen molar-refractivity contribution in [3.63, 3.8) is 0 Å². The zero-order valence-corrected chi connectivity index (χ0v) is 16.9. The lowest BCUT2D eigenvalue weighted by Gasteiger charge is -2.61. The van der Waals surface area contributed by atoms with Gasteiger partial charge in [-0.15, -0.1) is 0 Å². The molecule has 5 nitrogen and oxygen atoms in total. The number of aliphatic hydroxyl groups is 2. The Morgan fingerprint density at radius 2 is 2.00 bits per heavy atom. The second-order valence-electron chi connectivity index (χ2n) is 10.1. The van der Waals surface area contributed by atoms with E-state index in [2.05, 4.69) is 13.8 Å². The fourth-order valence-corrected chi connectivity index (χ4v) is 7.20. The molecule has 0 aliphatic heterocycles. The van der Waals surface area contributed by atoms with Gasteiger partial charge in [0.25, 0.3) is 0 Å². The molecule has 0 saturated heterocycles. The molecule has 0 heterocycles. The minimum absolute atomic E-state index is 0.00359. The summed E-state index contributed by atoms with van der Waals surface area (Å²) in [5.74, 6) is 0.112. The highest BCUT2D eigenvalue weighted by molar-refractivity contribution is 6.02. The fourth-order valence-electron chi connectivity index (χ4n) is 7.20. The van der Waals surface area contributed by atoms with Gasteiger partial charge in [0.2, 0.25) is 0 Å². The van der Waals surface area contributed by atoms with Crippen LogP contribution in [0.5, 0.6) is 0 Å². The van der Waals surface area contributed by atoms with Crippen molar-refractivity contribution in [2.24, 2.45) is 34.5 Å². The molecule has 0 amide bonds. The third-order valence-corrected chi connectivity index (χ3v) is 8.31. The van der Waals surface area contributed by atoms with E-state index in [1.807, 2.05) is 13.0 Å². The first-order valence-corrected chi connectivity index (χ1v) is 10.4. The molecule has 2 N–H and O–H groups in total. The molecule has 7 atom stereocenters. The molecule has 4 aliphatic carbocycles. The molecule has 152 valence electrons. The molecule has 0 unspecified atom stereocenters. The van der Waals surface area contributed by atoms with Crippen molar-refractivity contribution in [2.45, 2.75) is 58.5 Å². The summed E-state index contributed by atoms with van der Waals surface area (Å²) in [5.41, 5.74) is -1.33. The van der Waals surface area contributed by atoms with Gasteiger partial charge in [0.15, 0.2) is 11.6 Å². The minimum Gasteiger partial charge on any atom is -0.388 e. The quantitative estimate of drug-likeness (QED) is 0.760. The van der Waals surface area contributed by atoms with Gasteiger partial charge in [-0.1, -0.05) is 32.4 Å². The average molecular weight is 386 g/mol. The summed E-state index contributed by atoms with van der Waals surface area (Å²) in [6.07, 6.45) is 7.70. The predicted octanol–water partition coefficient (Wildman–Crippen LogP) is 2.40. The smallest absolute Gasteiger partial charge is 0.189 e. The van der Waals surface area contributed by atoms with Crippen LogP contribution in [0.15, 0.2) is 23.8 Å². The standard InChI is InChI=1S/C23H30O5/c1-13-8-15-16-5-7-23(28,19(27)11-24)12-21(16,2)10-18(26)20(15)22(3)6-4-14(25)9-17(13)22/h4,6,9,13,15-16,20,24,28H,5,7-8,10-12H2,1-3H3/t13-,15-,16-,20+,21+,22-,23-/m0/s1. The maximum Gasteiger partial charge on any atom is 0.189 e. The lowest BCUT2D eigenvalue weighted by molar-refractivity contribution is -0.169. The number of rotatable bonds is 2. The van der Waals surface area contributed by atoms with Crippen LogP contribution in [-0.2, 0) is 14.4 Å². The Hall–Kier alpha value is -1.59. The molecular formula is C23H30O5. The van der Waals surface area contributed by atoms with E-state index >= 15 is 0 Å². The van der Waals surface area contributed by atoms with Crippen LogP contribution in [0.2, 0.25) is 0 Å². The molecule has 5 heteroatoms. The fraction of sp³-hybridized carbons (Fsp3) is 0.696. The van der Waals surface area contributed by atoms with Crippen molar-refractivity contribution >= 4 is 17.3 Å². The van der Waals surface area contributed by atoms with E-state index in [0.29, 0.717) is 19.3 Å². The first kappa shape index (κ1) is 19.7. The zero-order chi connectivity index (χ0) is 20.5. The van der Waals surface area contributed by atoms with Gasteiger partial charge in [0.05, 0.1) is 0 Å². The maximum atomic E-state index is 13.4. The van der Waals surface area contributed by atoms with Crippen molar-refractivity contribution in [3.8, 4) is 0 Å². The lowest BCUT2D eigenvalue weighted by atomic mass is 9.43. The highest BCUT2D eigenvalue weighted by Gasteiger charge is 2.62. The summed E-state index contributed by atoms with van der Waals surface area (Å²) < 4.78 is 0. The Bertz CT molecular complexity index is 810. The molecule has 4 rings (SSSR count). The van der Waals surface area contributed by atoms with Crippen LogP contribution >= 0.6 is 0 Å². The second-order valence-corrected chi connectivity index (χ2v) is 10.1. The molecule has 4 aliphatic rings. The summed E-state index contributed by atoms with van der Waals surface area (Å²) in [6, 6.07) is 0. The van der Waals surface area contributed by atoms with E-state index in [-0.39, 0.29) is 41.7 Å². The summed E-state index contributed by atoms with van der Waals surface area (Å²) >= 11 is 0. The van der Waals surface area contributed by atoms with E-state index in [1.165, 1.54) is 0 Å². The maximum absolute atomic E-state index is 13.4. The normalized spacial score (nSPS) is 47.7. The van der Waals surface area contributed by atoms with Crippen LogP contribution in [0.3, 0.4) is 0 Å². The molecule has 3 saturated carbocycles. The van der Waals surface area contributed by atoms with Gasteiger partial charge >= 0.3 is 0 Å². The zero-order valence-electron chi connectivity index (χ0n) is 16.9. The van der Waals surface area contributed by atoms with Crippen LogP contribution in [0.1, 0.15) is 52.9 Å². The minimum atomic E-state index is -1.53. The van der Waals surface area contributed by atoms with Crippen LogP contribution in [0.25, 0.3) is 0 Å². The first-order valence-electron chi connectivity index (χ1n) is 10.4. The number of Topliss-reactive ketones (excluding diaryl/α,β-unsaturated/α-hetero) is 2. The highest BCUT2D eigenvalue weighted by Crippen LogP contribution is 2.64. The molecule has 0 bridgehead atoms. The SMILES string of the molecule is C[C@H]1C[C@H]2[C@@H]3CC[C@@](O)(C(=O)CO)C[C@@]3(C)CC(=O)[C@@H]2[C@@]2(C)C=CC(=O)C=C12. The van der Waals surface area contributed by atoms with Gasteiger partial charge in [-0.3, -0.25) is 14.4 Å². The van der Waals surface area contributed by atoms with Crippen LogP contribution in [0.4, 0.5) is 0 Å². The molecule has 0 aromatic rings. The van der Waals surface area contributed by atoms with E-state index < -0.39 is 28.8 Å². The van der Waals surface area contributed by atoms with Gasteiger partial charge in [-0.25, -0.2) is 0 Å². The van der Waals surface area contributed by atoms with Crippen molar-refractivity contribution in [3.05, 3.63) is 23.8 Å². The van der Waals surface area contributed by atoms with Crippen molar-refractivity contribution in [1.82, 2.24) is 0 Å². The number of fused-ring (bicyclic) bond motifs is 5. The third kappa shape index (κ3) is 2.62. The highest BCUT2D eigenvalue weighted by atomic mass is 16.3. The number of ketones is 3. The third-order valence-electron chi connectivity index (χ3n) is 8.31. The lowest BCUT2D eigenvalue weighted by Crippen LogP contribution is -2.60. The van der Waals surface area contributed by atoms with E-state index in [0.717, 1.165) is 12.0 Å². The summed E-state index contributed by atoms with van der Waals surface area (Å²) in [5, 5.41) is 20.1. The number of carbonyl (C=O) groups is 3. The monoisotopic (exact) mass is 386 g/mol. The Morgan fingerprint density at radius 1 is 1.29 bits per heavy atom. The van der Waals surface area contributed by atoms with Gasteiger partial charge in [0, 0.05) is 17.8 Å². The van der Waals surface area contributed by atoms with Crippen LogP contribution < -0.4 is 0 Å². The molecule has 0 aromatic carbocycles. The van der Waals surface area contributed by atoms with Crippen LogP contribution in [-0.4, -0.2) is 39.8 Å². The Morgan fingerprint density at radius 3 is 2.68 bits per heavy atom. The average Bonchev–Trinajstić information content (AvgIpc) is 2.61. The van der Waals surface area contributed by atoms with Crippen molar-refractivity contribution in [2.75, 3.05) is 6.61 Å². The van der Waals surface area contributed by atoms with Gasteiger partial charge in [-0.05, 0) is 61.0 Å². The van der Waals surface area contributed by atoms with Gasteiger partial charge in [0.1, 0.15) is 18.0 Å². The number of hydrogen-bond acceptors (Lipinski definition) is 5. The van der Waals surface area contributed by atoms with E-state index in [1.54, 1.807) is 12.2 Å². The summed E-state index contributed by atoms with van der Waals surface area (Å²) in [7, 11) is 0. The second kappa shape index (κ2) is 6.20. The molecule has 0 radical (unpaired) electrons. The topological polar surface area (TPSA) is 91.7 Å². The number of aliphatic hydroxyl groups excluding tert-OH is 1. The molecule has 28 heavy (non-hydrogen) atoms. The first-order chi connectivity index (χ1) is 13.0. The molecule has 0 spiro atoms. The Kier molecular flexibility index (Phi) is 4.37. The van der Waals surface area contributed by atoms with Crippen molar-refractivity contribution < 1.29 is 24.6 Å². The van der Waals surface area contributed by atoms with E-state index in [9.17, 15) is 24.6 Å². The molecule has 0 aromatic heterocycles. The Balaban J connectivity index is 1.72. The van der Waals surface area contributed by atoms with Crippen LogP contribution in [0, 0.1) is 34.5 Å². The number of hydrogen-bond donors (Lipinski definition) is 2. The molecular weight excluding hydrogens is 356 g/mol. The van der Waals surface area contributed by atoms with Gasteiger partial charge in [-0.2, -0.15) is 0 Å². The van der Waals surface area contributed by atoms with Crippen molar-refractivity contribution in [1.29, 1.82) is 0 Å². The summed E-state index contributed by atoms with van der Waals surface area (Å²) in [4.78, 5) is 37.5. The number of carbonyl (C=O) groups excluding carboxylic acids is 3. The van der Waals surface area contributed by atoms with E-state index in [4.69, 9.17) is 0 Å². The largest absolute Gasteiger partial charge is 0.388 e. The summed E-state index contributed by atoms with van der Waals surface area (Å²) in [6.45, 7) is 5.58. The Labute approximate surface area is 165 Å². The number of allylic oxidation sites excluding steroid dienone is 4.